The van der Waals surface area contributed by atoms with Crippen LogP contribution in [-0.4, -0.2) is 48.6 Å². The summed E-state index contributed by atoms with van der Waals surface area (Å²) in [7, 11) is 1.53. The Morgan fingerprint density at radius 3 is 2.34 bits per heavy atom. The number of aliphatic hydroxyl groups excluding tert-OH is 1. The molecule has 0 saturated carbocycles. The number of Topliss-reactive ketones (excluding diaryl/α,β-unsaturated/α-hetero) is 1. The number of likely N-dealkylation sites (tertiary alicyclic amines) is 1. The van der Waals surface area contributed by atoms with Gasteiger partial charge in [-0.25, -0.2) is 0 Å². The van der Waals surface area contributed by atoms with Gasteiger partial charge in [0, 0.05) is 19.2 Å². The Morgan fingerprint density at radius 1 is 0.921 bits per heavy atom. The van der Waals surface area contributed by atoms with E-state index in [-0.39, 0.29) is 24.5 Å². The molecule has 1 aliphatic heterocycles. The lowest BCUT2D eigenvalue weighted by atomic mass is 9.95. The molecule has 3 aromatic carbocycles. The van der Waals surface area contributed by atoms with Gasteiger partial charge >= 0.3 is 0 Å². The fraction of sp³-hybridized carbons (Fsp3) is 0.290. The number of carbonyl (C=O) groups excluding carboxylic acids is 2. The van der Waals surface area contributed by atoms with Crippen LogP contribution < -0.4 is 9.47 Å². The fourth-order valence-corrected chi connectivity index (χ4v) is 4.31. The number of aliphatic hydroxyl groups is 1. The zero-order chi connectivity index (χ0) is 27.1. The second-order valence-electron chi connectivity index (χ2n) is 9.56. The number of ketones is 1. The Hall–Kier alpha value is -4.10. The first kappa shape index (κ1) is 26.9. The number of hydrogen-bond donors (Lipinski definition) is 1. The molecule has 1 saturated heterocycles. The molecule has 0 radical (unpaired) electrons. The van der Waals surface area contributed by atoms with Crippen LogP contribution in [0.5, 0.6) is 11.5 Å². The number of carbonyl (C=O) groups is 2. The number of methoxy groups -OCH3 is 1. The lowest BCUT2D eigenvalue weighted by Crippen LogP contribution is -2.32. The minimum Gasteiger partial charge on any atom is -0.507 e. The van der Waals surface area contributed by atoms with Crippen molar-refractivity contribution in [1.29, 1.82) is 0 Å². The third-order valence-corrected chi connectivity index (χ3v) is 6.19. The maximum atomic E-state index is 13.3. The summed E-state index contributed by atoms with van der Waals surface area (Å²) in [5, 5.41) is 11.4. The number of benzene rings is 3. The highest BCUT2D eigenvalue weighted by Gasteiger charge is 2.46. The molecule has 3 aromatic rings. The molecule has 198 valence electrons. The van der Waals surface area contributed by atoms with Crippen molar-refractivity contribution in [2.45, 2.75) is 26.5 Å². The highest BCUT2D eigenvalue weighted by Crippen LogP contribution is 2.40. The molecule has 7 nitrogen and oxygen atoms in total. The Kier molecular flexibility index (Phi) is 8.81. The molecule has 1 aliphatic rings. The van der Waals surface area contributed by atoms with E-state index in [0.29, 0.717) is 41.8 Å². The van der Waals surface area contributed by atoms with Crippen molar-refractivity contribution in [1.82, 2.24) is 4.90 Å². The summed E-state index contributed by atoms with van der Waals surface area (Å²) in [6.07, 6.45) is 0. The van der Waals surface area contributed by atoms with Gasteiger partial charge in [0.05, 0.1) is 24.8 Å². The van der Waals surface area contributed by atoms with Gasteiger partial charge < -0.3 is 24.2 Å². The number of amides is 1. The average molecular weight is 516 g/mol. The monoisotopic (exact) mass is 515 g/mol. The van der Waals surface area contributed by atoms with Gasteiger partial charge in [0.1, 0.15) is 23.9 Å². The molecule has 0 aliphatic carbocycles. The molecule has 1 unspecified atom stereocenters. The van der Waals surface area contributed by atoms with Crippen molar-refractivity contribution in [3.8, 4) is 11.5 Å². The summed E-state index contributed by atoms with van der Waals surface area (Å²) in [6.45, 7) is 5.41. The standard InChI is InChI=1S/C31H33NO6/c1-21(2)19-37-26-14-8-12-24(18-26)29(33)27-28(32(15-16-36-3)31(35)30(27)34)23-11-7-13-25(17-23)38-20-22-9-5-4-6-10-22/h4-14,17-18,21,28,33H,15-16,19-20H2,1-3H3/b29-27-. The summed E-state index contributed by atoms with van der Waals surface area (Å²) in [4.78, 5) is 27.8. The summed E-state index contributed by atoms with van der Waals surface area (Å²) >= 11 is 0. The third kappa shape index (κ3) is 6.23. The lowest BCUT2D eigenvalue weighted by molar-refractivity contribution is -0.140. The van der Waals surface area contributed by atoms with Gasteiger partial charge in [0.25, 0.3) is 11.7 Å². The van der Waals surface area contributed by atoms with E-state index in [9.17, 15) is 14.7 Å². The Balaban J connectivity index is 1.71. The van der Waals surface area contributed by atoms with E-state index >= 15 is 0 Å². The van der Waals surface area contributed by atoms with E-state index in [0.717, 1.165) is 5.56 Å². The van der Waals surface area contributed by atoms with Crippen molar-refractivity contribution in [3.05, 3.63) is 101 Å². The minimum absolute atomic E-state index is 0.0207. The van der Waals surface area contributed by atoms with Gasteiger partial charge in [-0.15, -0.1) is 0 Å². The smallest absolute Gasteiger partial charge is 0.295 e. The zero-order valence-corrected chi connectivity index (χ0v) is 21.9. The van der Waals surface area contributed by atoms with Crippen LogP contribution >= 0.6 is 0 Å². The van der Waals surface area contributed by atoms with E-state index in [1.807, 2.05) is 62.4 Å². The van der Waals surface area contributed by atoms with E-state index in [4.69, 9.17) is 14.2 Å². The van der Waals surface area contributed by atoms with Gasteiger partial charge in [0.2, 0.25) is 0 Å². The number of rotatable bonds is 11. The maximum Gasteiger partial charge on any atom is 0.295 e. The molecule has 1 fully saturated rings. The maximum absolute atomic E-state index is 13.3. The summed E-state index contributed by atoms with van der Waals surface area (Å²) in [6, 6.07) is 23.2. The van der Waals surface area contributed by atoms with E-state index in [1.165, 1.54) is 12.0 Å². The molecule has 0 aromatic heterocycles. The molecule has 7 heteroatoms. The molecule has 1 heterocycles. The normalized spacial score (nSPS) is 16.7. The molecule has 0 spiro atoms. The van der Waals surface area contributed by atoms with Crippen molar-refractivity contribution in [3.63, 3.8) is 0 Å². The van der Waals surface area contributed by atoms with Gasteiger partial charge in [-0.1, -0.05) is 68.4 Å². The lowest BCUT2D eigenvalue weighted by Gasteiger charge is -2.25. The van der Waals surface area contributed by atoms with Crippen LogP contribution in [0.1, 0.15) is 36.6 Å². The largest absolute Gasteiger partial charge is 0.507 e. The van der Waals surface area contributed by atoms with E-state index < -0.39 is 17.7 Å². The van der Waals surface area contributed by atoms with Gasteiger partial charge in [-0.2, -0.15) is 0 Å². The topological polar surface area (TPSA) is 85.3 Å². The Labute approximate surface area is 223 Å². The van der Waals surface area contributed by atoms with E-state index in [1.54, 1.807) is 30.3 Å². The molecule has 1 atom stereocenters. The molecular weight excluding hydrogens is 482 g/mol. The predicted molar refractivity (Wildman–Crippen MR) is 145 cm³/mol. The molecule has 1 N–H and O–H groups in total. The van der Waals surface area contributed by atoms with Crippen LogP contribution in [-0.2, 0) is 20.9 Å². The minimum atomic E-state index is -0.800. The summed E-state index contributed by atoms with van der Waals surface area (Å²) < 4.78 is 17.0. The fourth-order valence-electron chi connectivity index (χ4n) is 4.31. The highest BCUT2D eigenvalue weighted by atomic mass is 16.5. The molecule has 1 amide bonds. The first-order valence-corrected chi connectivity index (χ1v) is 12.7. The van der Waals surface area contributed by atoms with Gasteiger partial charge in [-0.3, -0.25) is 9.59 Å². The quantitative estimate of drug-likeness (QED) is 0.210. The van der Waals surface area contributed by atoms with Crippen LogP contribution in [0.25, 0.3) is 5.76 Å². The van der Waals surface area contributed by atoms with Crippen LogP contribution in [0.4, 0.5) is 0 Å². The summed E-state index contributed by atoms with van der Waals surface area (Å²) in [5.41, 5.74) is 2.09. The van der Waals surface area contributed by atoms with Crippen molar-refractivity contribution < 1.29 is 28.9 Å². The Morgan fingerprint density at radius 2 is 1.63 bits per heavy atom. The van der Waals surface area contributed by atoms with Gasteiger partial charge in [-0.05, 0) is 41.3 Å². The number of hydrogen-bond acceptors (Lipinski definition) is 6. The Bertz CT molecular complexity index is 1300. The highest BCUT2D eigenvalue weighted by molar-refractivity contribution is 6.46. The van der Waals surface area contributed by atoms with Gasteiger partial charge in [0.15, 0.2) is 0 Å². The van der Waals surface area contributed by atoms with Crippen LogP contribution in [0.2, 0.25) is 0 Å². The van der Waals surface area contributed by atoms with Crippen molar-refractivity contribution in [2.75, 3.05) is 26.9 Å². The average Bonchev–Trinajstić information content (AvgIpc) is 3.19. The van der Waals surface area contributed by atoms with Crippen molar-refractivity contribution in [2.24, 2.45) is 5.92 Å². The predicted octanol–water partition coefficient (Wildman–Crippen LogP) is 5.37. The molecule has 0 bridgehead atoms. The first-order valence-electron chi connectivity index (χ1n) is 12.7. The van der Waals surface area contributed by atoms with E-state index in [2.05, 4.69) is 0 Å². The SMILES string of the molecule is COCCN1C(=O)C(=O)/C(=C(\O)c2cccc(OCC(C)C)c2)C1c1cccc(OCc2ccccc2)c1. The van der Waals surface area contributed by atoms with Crippen LogP contribution in [0.3, 0.4) is 0 Å². The number of nitrogens with zero attached hydrogens (tertiary/aromatic N) is 1. The second kappa shape index (κ2) is 12.4. The molecular formula is C31H33NO6. The molecule has 4 rings (SSSR count). The van der Waals surface area contributed by atoms with Crippen molar-refractivity contribution >= 4 is 17.4 Å². The summed E-state index contributed by atoms with van der Waals surface area (Å²) in [5.74, 6) is -0.185. The first-order chi connectivity index (χ1) is 18.4. The van der Waals surface area contributed by atoms with Crippen LogP contribution in [0.15, 0.2) is 84.4 Å². The third-order valence-electron chi connectivity index (χ3n) is 6.19. The van der Waals surface area contributed by atoms with Crippen LogP contribution in [0, 0.1) is 5.92 Å². The zero-order valence-electron chi connectivity index (χ0n) is 21.9. The second-order valence-corrected chi connectivity index (χ2v) is 9.56. The molecule has 38 heavy (non-hydrogen) atoms. The number of ether oxygens (including phenoxy) is 3.